The van der Waals surface area contributed by atoms with Crippen LogP contribution in [0, 0.1) is 5.92 Å². The van der Waals surface area contributed by atoms with E-state index < -0.39 is 12.2 Å². The first-order valence-electron chi connectivity index (χ1n) is 4.05. The first kappa shape index (κ1) is 9.95. The predicted octanol–water partition coefficient (Wildman–Crippen LogP) is -0.190. The van der Waals surface area contributed by atoms with Crippen molar-refractivity contribution in [1.29, 1.82) is 0 Å². The SMILES string of the molecule is C=CCNC(O)[C@H]1COC(=O)C1=C. The van der Waals surface area contributed by atoms with Gasteiger partial charge in [0.15, 0.2) is 0 Å². The van der Waals surface area contributed by atoms with Crippen LogP contribution in [0.3, 0.4) is 0 Å². The molecule has 0 radical (unpaired) electrons. The van der Waals surface area contributed by atoms with Gasteiger partial charge in [0.2, 0.25) is 0 Å². The molecule has 0 aromatic rings. The van der Waals surface area contributed by atoms with Crippen LogP contribution in [0.4, 0.5) is 0 Å². The summed E-state index contributed by atoms with van der Waals surface area (Å²) in [4.78, 5) is 10.9. The van der Waals surface area contributed by atoms with Crippen LogP contribution in [-0.2, 0) is 9.53 Å². The molecule has 0 amide bonds. The Morgan fingerprint density at radius 2 is 2.54 bits per heavy atom. The van der Waals surface area contributed by atoms with Gasteiger partial charge in [-0.25, -0.2) is 4.79 Å². The van der Waals surface area contributed by atoms with Crippen molar-refractivity contribution in [3.63, 3.8) is 0 Å². The van der Waals surface area contributed by atoms with Crippen LogP contribution in [0.25, 0.3) is 0 Å². The first-order chi connectivity index (χ1) is 6.16. The van der Waals surface area contributed by atoms with Crippen LogP contribution in [0.5, 0.6) is 0 Å². The van der Waals surface area contributed by atoms with Crippen molar-refractivity contribution >= 4 is 5.97 Å². The predicted molar refractivity (Wildman–Crippen MR) is 47.8 cm³/mol. The lowest BCUT2D eigenvalue weighted by Gasteiger charge is -2.16. The van der Waals surface area contributed by atoms with E-state index in [2.05, 4.69) is 18.5 Å². The van der Waals surface area contributed by atoms with E-state index in [-0.39, 0.29) is 12.5 Å². The van der Waals surface area contributed by atoms with Crippen LogP contribution < -0.4 is 5.32 Å². The summed E-state index contributed by atoms with van der Waals surface area (Å²) in [6.07, 6.45) is 0.834. The summed E-state index contributed by atoms with van der Waals surface area (Å²) < 4.78 is 4.71. The molecule has 1 unspecified atom stereocenters. The van der Waals surface area contributed by atoms with Gasteiger partial charge in [-0.2, -0.15) is 0 Å². The van der Waals surface area contributed by atoms with Gasteiger partial charge in [0, 0.05) is 12.1 Å². The number of nitrogens with one attached hydrogen (secondary N) is 1. The summed E-state index contributed by atoms with van der Waals surface area (Å²) in [5, 5.41) is 12.3. The highest BCUT2D eigenvalue weighted by molar-refractivity contribution is 5.90. The maximum atomic E-state index is 10.9. The Labute approximate surface area is 76.9 Å². The molecule has 4 heteroatoms. The molecule has 0 bridgehead atoms. The largest absolute Gasteiger partial charge is 0.462 e. The Morgan fingerprint density at radius 1 is 1.85 bits per heavy atom. The second kappa shape index (κ2) is 4.20. The number of hydrogen-bond donors (Lipinski definition) is 2. The molecule has 2 N–H and O–H groups in total. The Kier molecular flexibility index (Phi) is 3.22. The fourth-order valence-corrected chi connectivity index (χ4v) is 1.14. The highest BCUT2D eigenvalue weighted by Gasteiger charge is 2.33. The van der Waals surface area contributed by atoms with Gasteiger partial charge in [0.1, 0.15) is 12.8 Å². The fraction of sp³-hybridized carbons (Fsp3) is 0.444. The van der Waals surface area contributed by atoms with Gasteiger partial charge in [-0.15, -0.1) is 6.58 Å². The van der Waals surface area contributed by atoms with Crippen molar-refractivity contribution in [3.05, 3.63) is 24.8 Å². The number of hydrogen-bond acceptors (Lipinski definition) is 4. The lowest BCUT2D eigenvalue weighted by molar-refractivity contribution is -0.135. The highest BCUT2D eigenvalue weighted by Crippen LogP contribution is 2.21. The Balaban J connectivity index is 2.47. The van der Waals surface area contributed by atoms with E-state index >= 15 is 0 Å². The van der Waals surface area contributed by atoms with E-state index in [9.17, 15) is 9.90 Å². The Morgan fingerprint density at radius 3 is 3.00 bits per heavy atom. The normalized spacial score (nSPS) is 24.2. The van der Waals surface area contributed by atoms with Gasteiger partial charge in [-0.1, -0.05) is 12.7 Å². The molecule has 0 aromatic heterocycles. The van der Waals surface area contributed by atoms with E-state index in [0.29, 0.717) is 12.1 Å². The zero-order chi connectivity index (χ0) is 9.84. The third-order valence-corrected chi connectivity index (χ3v) is 1.96. The number of carbonyl (C=O) groups excluding carboxylic acids is 1. The third-order valence-electron chi connectivity index (χ3n) is 1.96. The van der Waals surface area contributed by atoms with E-state index in [1.807, 2.05) is 0 Å². The number of aliphatic hydroxyl groups is 1. The van der Waals surface area contributed by atoms with E-state index in [0.717, 1.165) is 0 Å². The summed E-state index contributed by atoms with van der Waals surface area (Å²) in [7, 11) is 0. The number of ether oxygens (including phenoxy) is 1. The molecule has 2 atom stereocenters. The molecule has 1 heterocycles. The standard InChI is InChI=1S/C9H13NO3/c1-3-4-10-8(11)7-5-13-9(12)6(7)2/h3,7-8,10-11H,1-2,4-5H2/t7-,8?/m0/s1. The van der Waals surface area contributed by atoms with Crippen molar-refractivity contribution in [1.82, 2.24) is 5.32 Å². The first-order valence-corrected chi connectivity index (χ1v) is 4.05. The minimum Gasteiger partial charge on any atom is -0.462 e. The summed E-state index contributed by atoms with van der Waals surface area (Å²) in [6.45, 7) is 7.73. The maximum absolute atomic E-state index is 10.9. The van der Waals surface area contributed by atoms with E-state index in [1.54, 1.807) is 6.08 Å². The summed E-state index contributed by atoms with van der Waals surface area (Å²) >= 11 is 0. The lowest BCUT2D eigenvalue weighted by Crippen LogP contribution is -2.37. The minimum absolute atomic E-state index is 0.197. The second-order valence-corrected chi connectivity index (χ2v) is 2.87. The summed E-state index contributed by atoms with van der Waals surface area (Å²) in [5.74, 6) is -0.767. The fourth-order valence-electron chi connectivity index (χ4n) is 1.14. The molecular formula is C9H13NO3. The summed E-state index contributed by atoms with van der Waals surface area (Å²) in [6, 6.07) is 0. The van der Waals surface area contributed by atoms with Crippen LogP contribution in [0.1, 0.15) is 0 Å². The molecule has 1 rings (SSSR count). The van der Waals surface area contributed by atoms with Gasteiger partial charge in [-0.05, 0) is 0 Å². The van der Waals surface area contributed by atoms with Crippen molar-refractivity contribution in [2.24, 2.45) is 5.92 Å². The Bertz CT molecular complexity index is 237. The molecule has 0 aromatic carbocycles. The van der Waals surface area contributed by atoms with Gasteiger partial charge in [0.05, 0.1) is 5.92 Å². The molecule has 1 saturated heterocycles. The monoisotopic (exact) mass is 183 g/mol. The van der Waals surface area contributed by atoms with Crippen LogP contribution >= 0.6 is 0 Å². The van der Waals surface area contributed by atoms with Crippen molar-refractivity contribution in [3.8, 4) is 0 Å². The van der Waals surface area contributed by atoms with Gasteiger partial charge in [-0.3, -0.25) is 5.32 Å². The average molecular weight is 183 g/mol. The molecule has 0 aliphatic carbocycles. The molecule has 0 spiro atoms. The van der Waals surface area contributed by atoms with Crippen molar-refractivity contribution in [2.45, 2.75) is 6.23 Å². The minimum atomic E-state index is -0.794. The highest BCUT2D eigenvalue weighted by atomic mass is 16.5. The van der Waals surface area contributed by atoms with Crippen molar-refractivity contribution in [2.75, 3.05) is 13.2 Å². The zero-order valence-electron chi connectivity index (χ0n) is 7.32. The van der Waals surface area contributed by atoms with Crippen molar-refractivity contribution < 1.29 is 14.6 Å². The average Bonchev–Trinajstić information content (AvgIpc) is 2.44. The van der Waals surface area contributed by atoms with E-state index in [4.69, 9.17) is 4.74 Å². The third kappa shape index (κ3) is 2.17. The molecule has 1 aliphatic rings. The van der Waals surface area contributed by atoms with Gasteiger partial charge in [0.25, 0.3) is 0 Å². The van der Waals surface area contributed by atoms with Crippen LogP contribution in [-0.4, -0.2) is 30.5 Å². The smallest absolute Gasteiger partial charge is 0.333 e. The molecule has 1 aliphatic heterocycles. The zero-order valence-corrected chi connectivity index (χ0v) is 7.32. The summed E-state index contributed by atoms with van der Waals surface area (Å²) in [5.41, 5.74) is 0.323. The molecule has 4 nitrogen and oxygen atoms in total. The number of carbonyl (C=O) groups is 1. The van der Waals surface area contributed by atoms with E-state index in [1.165, 1.54) is 0 Å². The quantitative estimate of drug-likeness (QED) is 0.274. The number of rotatable bonds is 4. The van der Waals surface area contributed by atoms with Gasteiger partial charge < -0.3 is 9.84 Å². The second-order valence-electron chi connectivity index (χ2n) is 2.87. The molecule has 72 valence electrons. The molecule has 1 fully saturated rings. The number of cyclic esters (lactones) is 1. The maximum Gasteiger partial charge on any atom is 0.333 e. The number of aliphatic hydroxyl groups excluding tert-OH is 1. The van der Waals surface area contributed by atoms with Gasteiger partial charge >= 0.3 is 5.97 Å². The van der Waals surface area contributed by atoms with Crippen LogP contribution in [0.2, 0.25) is 0 Å². The lowest BCUT2D eigenvalue weighted by atomic mass is 10.0. The topological polar surface area (TPSA) is 58.6 Å². The molecule has 13 heavy (non-hydrogen) atoms. The molecular weight excluding hydrogens is 170 g/mol. The van der Waals surface area contributed by atoms with Crippen LogP contribution in [0.15, 0.2) is 24.8 Å². The molecule has 0 saturated carbocycles. The Hall–Kier alpha value is -1.13. The number of esters is 1.